The maximum Gasteiger partial charge on any atom is 0.238 e. The zero-order valence-corrected chi connectivity index (χ0v) is 20.6. The number of ether oxygens (including phenoxy) is 1. The predicted octanol–water partition coefficient (Wildman–Crippen LogP) is 5.01. The Labute approximate surface area is 203 Å². The van der Waals surface area contributed by atoms with Crippen LogP contribution in [0.25, 0.3) is 11.4 Å². The van der Waals surface area contributed by atoms with E-state index in [9.17, 15) is 4.79 Å². The minimum atomic E-state index is -0.409. The van der Waals surface area contributed by atoms with Crippen molar-refractivity contribution in [1.29, 1.82) is 0 Å². The molecule has 1 N–H and O–H groups in total. The molecule has 0 saturated carbocycles. The Hall–Kier alpha value is -2.71. The molecule has 1 aromatic heterocycles. The molecule has 0 spiro atoms. The summed E-state index contributed by atoms with van der Waals surface area (Å²) in [5, 5.41) is 9.56. The van der Waals surface area contributed by atoms with E-state index in [0.29, 0.717) is 21.8 Å². The van der Waals surface area contributed by atoms with E-state index >= 15 is 0 Å². The SMILES string of the molecule is CCCN(CCC)C(=O)[C@@H]1Sc2nnc(-c3ccccc3)n2N[C@@H]1c1ccc(OC)c(Cl)c1. The van der Waals surface area contributed by atoms with Crippen LogP contribution in [0.15, 0.2) is 53.7 Å². The smallest absolute Gasteiger partial charge is 0.238 e. The summed E-state index contributed by atoms with van der Waals surface area (Å²) < 4.78 is 7.20. The molecule has 0 radical (unpaired) electrons. The molecule has 2 aromatic carbocycles. The van der Waals surface area contributed by atoms with E-state index in [1.165, 1.54) is 11.8 Å². The Kier molecular flexibility index (Phi) is 7.45. The van der Waals surface area contributed by atoms with Crippen LogP contribution in [0.3, 0.4) is 0 Å². The van der Waals surface area contributed by atoms with Crippen LogP contribution >= 0.6 is 23.4 Å². The molecule has 0 unspecified atom stereocenters. The maximum atomic E-state index is 13.7. The normalized spacial score (nSPS) is 17.2. The lowest BCUT2D eigenvalue weighted by Crippen LogP contribution is -2.46. The van der Waals surface area contributed by atoms with Crippen LogP contribution in [0.5, 0.6) is 5.75 Å². The van der Waals surface area contributed by atoms with Gasteiger partial charge in [0.15, 0.2) is 5.82 Å². The lowest BCUT2D eigenvalue weighted by atomic mass is 10.0. The highest BCUT2D eigenvalue weighted by molar-refractivity contribution is 8.00. The molecule has 174 valence electrons. The number of aromatic nitrogens is 3. The average molecular weight is 486 g/mol. The van der Waals surface area contributed by atoms with Gasteiger partial charge >= 0.3 is 0 Å². The molecule has 0 bridgehead atoms. The molecule has 1 aliphatic heterocycles. The van der Waals surface area contributed by atoms with Crippen LogP contribution in [0, 0.1) is 0 Å². The second kappa shape index (κ2) is 10.5. The third-order valence-corrected chi connectivity index (χ3v) is 7.04. The van der Waals surface area contributed by atoms with Crippen molar-refractivity contribution in [3.63, 3.8) is 0 Å². The summed E-state index contributed by atoms with van der Waals surface area (Å²) in [6, 6.07) is 15.2. The number of thioether (sulfide) groups is 1. The highest BCUT2D eigenvalue weighted by Crippen LogP contribution is 2.40. The van der Waals surface area contributed by atoms with Crippen molar-refractivity contribution in [3.8, 4) is 17.1 Å². The lowest BCUT2D eigenvalue weighted by Gasteiger charge is -2.36. The molecule has 33 heavy (non-hydrogen) atoms. The van der Waals surface area contributed by atoms with Gasteiger partial charge in [-0.1, -0.05) is 73.6 Å². The van der Waals surface area contributed by atoms with Crippen molar-refractivity contribution >= 4 is 29.3 Å². The van der Waals surface area contributed by atoms with Gasteiger partial charge in [0, 0.05) is 18.7 Å². The zero-order valence-electron chi connectivity index (χ0n) is 19.0. The first kappa shape index (κ1) is 23.4. The van der Waals surface area contributed by atoms with E-state index in [-0.39, 0.29) is 11.9 Å². The van der Waals surface area contributed by atoms with Crippen molar-refractivity contribution < 1.29 is 9.53 Å². The standard InChI is InChI=1S/C24H28ClN5O2S/c1-4-13-29(14-5-2)23(31)21-20(17-11-12-19(32-3)18(25)15-17)28-30-22(26-27-24(30)33-21)16-9-7-6-8-10-16/h6-12,15,20-21,28H,4-5,13-14H2,1-3H3/t20-,21-/m1/s1. The van der Waals surface area contributed by atoms with Gasteiger partial charge in [-0.2, -0.15) is 0 Å². The Morgan fingerprint density at radius 3 is 2.52 bits per heavy atom. The molecule has 9 heteroatoms. The first-order chi connectivity index (χ1) is 16.1. The fourth-order valence-electron chi connectivity index (χ4n) is 4.00. The molecule has 3 aromatic rings. The first-order valence-corrected chi connectivity index (χ1v) is 12.4. The second-order valence-electron chi connectivity index (χ2n) is 7.87. The first-order valence-electron chi connectivity index (χ1n) is 11.1. The van der Waals surface area contributed by atoms with E-state index in [2.05, 4.69) is 29.5 Å². The minimum absolute atomic E-state index is 0.0867. The van der Waals surface area contributed by atoms with Crippen LogP contribution in [-0.2, 0) is 4.79 Å². The Balaban J connectivity index is 1.76. The third kappa shape index (κ3) is 4.82. The fourth-order valence-corrected chi connectivity index (χ4v) is 5.43. The minimum Gasteiger partial charge on any atom is -0.495 e. The number of carbonyl (C=O) groups is 1. The molecule has 1 aliphatic rings. The van der Waals surface area contributed by atoms with Crippen LogP contribution < -0.4 is 10.2 Å². The summed E-state index contributed by atoms with van der Waals surface area (Å²) in [5.41, 5.74) is 5.36. The van der Waals surface area contributed by atoms with Gasteiger partial charge in [-0.25, -0.2) is 4.68 Å². The molecule has 7 nitrogen and oxygen atoms in total. The number of hydrogen-bond acceptors (Lipinski definition) is 6. The number of methoxy groups -OCH3 is 1. The Morgan fingerprint density at radius 2 is 1.88 bits per heavy atom. The van der Waals surface area contributed by atoms with Crippen LogP contribution in [0.1, 0.15) is 38.3 Å². The van der Waals surface area contributed by atoms with Gasteiger partial charge in [0.25, 0.3) is 0 Å². The number of nitrogens with zero attached hydrogens (tertiary/aromatic N) is 4. The summed E-state index contributed by atoms with van der Waals surface area (Å²) in [5.74, 6) is 1.39. The quantitative estimate of drug-likeness (QED) is 0.483. The van der Waals surface area contributed by atoms with E-state index in [1.807, 2.05) is 58.1 Å². The summed E-state index contributed by atoms with van der Waals surface area (Å²) in [6.45, 7) is 5.63. The molecule has 2 heterocycles. The molecular formula is C24H28ClN5O2S. The number of hydrogen-bond donors (Lipinski definition) is 1. The van der Waals surface area contributed by atoms with Gasteiger partial charge in [0.2, 0.25) is 11.1 Å². The monoisotopic (exact) mass is 485 g/mol. The highest BCUT2D eigenvalue weighted by atomic mass is 35.5. The number of benzene rings is 2. The summed E-state index contributed by atoms with van der Waals surface area (Å²) in [6.07, 6.45) is 1.81. The molecule has 4 rings (SSSR count). The van der Waals surface area contributed by atoms with Crippen LogP contribution in [0.2, 0.25) is 5.02 Å². The van der Waals surface area contributed by atoms with Crippen molar-refractivity contribution in [1.82, 2.24) is 19.8 Å². The maximum absolute atomic E-state index is 13.7. The van der Waals surface area contributed by atoms with Gasteiger partial charge in [-0.05, 0) is 30.5 Å². The number of nitrogens with one attached hydrogen (secondary N) is 1. The fraction of sp³-hybridized carbons (Fsp3) is 0.375. The average Bonchev–Trinajstić information content (AvgIpc) is 3.26. The van der Waals surface area contributed by atoms with E-state index in [4.69, 9.17) is 16.3 Å². The third-order valence-electron chi connectivity index (χ3n) is 5.55. The number of amides is 1. The summed E-state index contributed by atoms with van der Waals surface area (Å²) in [4.78, 5) is 15.7. The van der Waals surface area contributed by atoms with E-state index in [1.54, 1.807) is 7.11 Å². The number of fused-ring (bicyclic) bond motifs is 1. The number of rotatable bonds is 8. The zero-order chi connectivity index (χ0) is 23.4. The molecule has 0 fully saturated rings. The van der Waals surface area contributed by atoms with Crippen molar-refractivity contribution in [2.45, 2.75) is 43.1 Å². The van der Waals surface area contributed by atoms with Gasteiger partial charge < -0.3 is 15.1 Å². The van der Waals surface area contributed by atoms with Crippen molar-refractivity contribution in [3.05, 3.63) is 59.1 Å². The molecule has 1 amide bonds. The number of halogens is 1. The summed E-state index contributed by atoms with van der Waals surface area (Å²) >= 11 is 7.90. The highest BCUT2D eigenvalue weighted by Gasteiger charge is 2.40. The van der Waals surface area contributed by atoms with E-state index in [0.717, 1.165) is 37.1 Å². The van der Waals surface area contributed by atoms with Crippen LogP contribution in [-0.4, -0.2) is 51.1 Å². The molecule has 0 saturated heterocycles. The van der Waals surface area contributed by atoms with Gasteiger partial charge in [0.1, 0.15) is 11.0 Å². The Bertz CT molecular complexity index is 1100. The van der Waals surface area contributed by atoms with Crippen molar-refractivity contribution in [2.24, 2.45) is 0 Å². The van der Waals surface area contributed by atoms with E-state index < -0.39 is 5.25 Å². The largest absolute Gasteiger partial charge is 0.495 e. The summed E-state index contributed by atoms with van der Waals surface area (Å²) in [7, 11) is 1.59. The van der Waals surface area contributed by atoms with Crippen LogP contribution in [0.4, 0.5) is 0 Å². The van der Waals surface area contributed by atoms with Crippen molar-refractivity contribution in [2.75, 3.05) is 25.6 Å². The molecule has 2 atom stereocenters. The topological polar surface area (TPSA) is 72.3 Å². The Morgan fingerprint density at radius 1 is 1.15 bits per heavy atom. The predicted molar refractivity (Wildman–Crippen MR) is 132 cm³/mol. The second-order valence-corrected chi connectivity index (χ2v) is 9.39. The molecular weight excluding hydrogens is 458 g/mol. The lowest BCUT2D eigenvalue weighted by molar-refractivity contribution is -0.131. The molecule has 0 aliphatic carbocycles. The van der Waals surface area contributed by atoms with Gasteiger partial charge in [0.05, 0.1) is 18.2 Å². The number of carbonyl (C=O) groups excluding carboxylic acids is 1. The van der Waals surface area contributed by atoms with Gasteiger partial charge in [-0.15, -0.1) is 10.2 Å². The van der Waals surface area contributed by atoms with Gasteiger partial charge in [-0.3, -0.25) is 4.79 Å².